The summed E-state index contributed by atoms with van der Waals surface area (Å²) in [6, 6.07) is 0. The highest BCUT2D eigenvalue weighted by molar-refractivity contribution is 6.53. The van der Waals surface area contributed by atoms with Gasteiger partial charge in [-0.2, -0.15) is 0 Å². The average Bonchev–Trinajstić information content (AvgIpc) is 2.08. The maximum Gasteiger partial charge on any atom is 0.267 e. The van der Waals surface area contributed by atoms with Crippen molar-refractivity contribution in [3.8, 4) is 0 Å². The predicted octanol–water partition coefficient (Wildman–Crippen LogP) is 0.0687. The molecule has 0 aromatic rings. The molecular formula is C7H13Cl2N3O. The Balaban J connectivity index is 2.26. The second-order valence-electron chi connectivity index (χ2n) is 3.07. The molecule has 13 heavy (non-hydrogen) atoms. The minimum absolute atomic E-state index is 0.354. The Morgan fingerprint density at radius 3 is 2.31 bits per heavy atom. The lowest BCUT2D eigenvalue weighted by molar-refractivity contribution is -0.124. The molecule has 0 unspecified atom stereocenters. The first-order valence-electron chi connectivity index (χ1n) is 4.11. The van der Waals surface area contributed by atoms with Gasteiger partial charge in [0.15, 0.2) is 4.84 Å². The Morgan fingerprint density at radius 2 is 1.85 bits per heavy atom. The Bertz CT molecular complexity index is 181. The topological polar surface area (TPSA) is 35.6 Å². The van der Waals surface area contributed by atoms with Crippen molar-refractivity contribution in [3.05, 3.63) is 0 Å². The molecule has 0 atom stereocenters. The number of nitrogens with one attached hydrogen (secondary N) is 1. The van der Waals surface area contributed by atoms with Gasteiger partial charge in [0.1, 0.15) is 0 Å². The summed E-state index contributed by atoms with van der Waals surface area (Å²) in [5.41, 5.74) is 2.64. The van der Waals surface area contributed by atoms with E-state index in [1.807, 2.05) is 12.1 Å². The Kier molecular flexibility index (Phi) is 4.25. The molecule has 1 N–H and O–H groups in total. The summed E-state index contributed by atoms with van der Waals surface area (Å²) < 4.78 is 0. The molecule has 0 aliphatic carbocycles. The molecule has 0 bridgehead atoms. The third-order valence-corrected chi connectivity index (χ3v) is 2.37. The van der Waals surface area contributed by atoms with Crippen LogP contribution in [0, 0.1) is 0 Å². The summed E-state index contributed by atoms with van der Waals surface area (Å²) >= 11 is 10.8. The van der Waals surface area contributed by atoms with E-state index in [2.05, 4.69) is 10.3 Å². The molecule has 1 heterocycles. The fraction of sp³-hybridized carbons (Fsp3) is 0.857. The van der Waals surface area contributed by atoms with Crippen molar-refractivity contribution in [2.75, 3.05) is 33.2 Å². The summed E-state index contributed by atoms with van der Waals surface area (Å²) in [4.78, 5) is 12.3. The van der Waals surface area contributed by atoms with E-state index in [0.29, 0.717) is 0 Å². The number of alkyl halides is 2. The Labute approximate surface area is 87.7 Å². The molecule has 0 spiro atoms. The van der Waals surface area contributed by atoms with Crippen LogP contribution >= 0.6 is 23.2 Å². The molecule has 1 aliphatic rings. The number of likely N-dealkylation sites (N-methyl/N-ethyl adjacent to an activating group) is 1. The summed E-state index contributed by atoms with van der Waals surface area (Å²) in [5, 5.41) is 1.83. The fourth-order valence-corrected chi connectivity index (χ4v) is 1.22. The van der Waals surface area contributed by atoms with Crippen molar-refractivity contribution >= 4 is 29.1 Å². The molecule has 1 amide bonds. The van der Waals surface area contributed by atoms with Crippen LogP contribution in [0.1, 0.15) is 0 Å². The number of hydrazine groups is 1. The van der Waals surface area contributed by atoms with Gasteiger partial charge in [-0.3, -0.25) is 10.2 Å². The van der Waals surface area contributed by atoms with Crippen LogP contribution in [0.4, 0.5) is 0 Å². The van der Waals surface area contributed by atoms with Crippen LogP contribution in [0.15, 0.2) is 0 Å². The number of carbonyl (C=O) groups is 1. The van der Waals surface area contributed by atoms with Gasteiger partial charge in [0.25, 0.3) is 5.91 Å². The molecule has 1 saturated heterocycles. The standard InChI is InChI=1S/C7H13Cl2N3O/c1-11-2-4-12(5-3-11)10-7(13)6(8)9/h6H,2-5H2,1H3,(H,10,13). The molecule has 0 saturated carbocycles. The third-order valence-electron chi connectivity index (χ3n) is 1.97. The molecule has 0 radical (unpaired) electrons. The zero-order valence-corrected chi connectivity index (χ0v) is 8.98. The molecule has 0 aromatic heterocycles. The van der Waals surface area contributed by atoms with Gasteiger partial charge in [-0.15, -0.1) is 0 Å². The molecule has 76 valence electrons. The van der Waals surface area contributed by atoms with Crippen molar-refractivity contribution < 1.29 is 4.79 Å². The van der Waals surface area contributed by atoms with Gasteiger partial charge >= 0.3 is 0 Å². The second-order valence-corrected chi connectivity index (χ2v) is 4.16. The van der Waals surface area contributed by atoms with E-state index in [0.717, 1.165) is 26.2 Å². The molecule has 0 aromatic carbocycles. The first-order chi connectivity index (χ1) is 6.09. The van der Waals surface area contributed by atoms with Crippen molar-refractivity contribution in [1.82, 2.24) is 15.3 Å². The number of piperazine rings is 1. The molecule has 4 nitrogen and oxygen atoms in total. The first-order valence-corrected chi connectivity index (χ1v) is 4.99. The van der Waals surface area contributed by atoms with E-state index in [1.165, 1.54) is 0 Å². The van der Waals surface area contributed by atoms with E-state index in [-0.39, 0.29) is 5.91 Å². The van der Waals surface area contributed by atoms with Crippen LogP contribution in [0.3, 0.4) is 0 Å². The monoisotopic (exact) mass is 225 g/mol. The Hall–Kier alpha value is -0.0300. The van der Waals surface area contributed by atoms with E-state index in [9.17, 15) is 4.79 Å². The maximum absolute atomic E-state index is 11.1. The Morgan fingerprint density at radius 1 is 1.31 bits per heavy atom. The highest BCUT2D eigenvalue weighted by Gasteiger charge is 2.18. The first kappa shape index (κ1) is 11.0. The molecule has 1 rings (SSSR count). The third kappa shape index (κ3) is 3.68. The van der Waals surface area contributed by atoms with Crippen LogP contribution in [-0.4, -0.2) is 53.9 Å². The summed E-state index contributed by atoms with van der Waals surface area (Å²) in [7, 11) is 2.05. The van der Waals surface area contributed by atoms with Gasteiger partial charge in [-0.1, -0.05) is 23.2 Å². The van der Waals surface area contributed by atoms with Crippen LogP contribution < -0.4 is 5.43 Å². The van der Waals surface area contributed by atoms with Crippen molar-refractivity contribution in [1.29, 1.82) is 0 Å². The van der Waals surface area contributed by atoms with Crippen molar-refractivity contribution in [3.63, 3.8) is 0 Å². The fourth-order valence-electron chi connectivity index (χ4n) is 1.12. The lowest BCUT2D eigenvalue weighted by Crippen LogP contribution is -2.53. The van der Waals surface area contributed by atoms with E-state index in [1.54, 1.807) is 0 Å². The summed E-state index contributed by atoms with van der Waals surface area (Å²) in [6.45, 7) is 3.50. The van der Waals surface area contributed by atoms with Crippen LogP contribution in [0.5, 0.6) is 0 Å². The summed E-state index contributed by atoms with van der Waals surface area (Å²) in [5.74, 6) is -0.354. The number of hydrogen-bond acceptors (Lipinski definition) is 3. The SMILES string of the molecule is CN1CCN(NC(=O)C(Cl)Cl)CC1. The number of hydrogen-bond donors (Lipinski definition) is 1. The van der Waals surface area contributed by atoms with E-state index < -0.39 is 4.84 Å². The van der Waals surface area contributed by atoms with Gasteiger partial charge in [0, 0.05) is 26.2 Å². The number of rotatable bonds is 2. The van der Waals surface area contributed by atoms with Crippen molar-refractivity contribution in [2.24, 2.45) is 0 Å². The van der Waals surface area contributed by atoms with E-state index >= 15 is 0 Å². The van der Waals surface area contributed by atoms with Crippen molar-refractivity contribution in [2.45, 2.75) is 4.84 Å². The predicted molar refractivity (Wildman–Crippen MR) is 52.7 cm³/mol. The number of nitrogens with zero attached hydrogens (tertiary/aromatic N) is 2. The lowest BCUT2D eigenvalue weighted by atomic mass is 10.4. The maximum atomic E-state index is 11.1. The average molecular weight is 226 g/mol. The lowest BCUT2D eigenvalue weighted by Gasteiger charge is -2.32. The van der Waals surface area contributed by atoms with Crippen LogP contribution in [0.25, 0.3) is 0 Å². The zero-order valence-electron chi connectivity index (χ0n) is 7.46. The molecule has 6 heteroatoms. The zero-order chi connectivity index (χ0) is 9.84. The summed E-state index contributed by atoms with van der Waals surface area (Å²) in [6.07, 6.45) is 0. The van der Waals surface area contributed by atoms with Crippen LogP contribution in [-0.2, 0) is 4.79 Å². The normalized spacial score (nSPS) is 20.6. The largest absolute Gasteiger partial charge is 0.304 e. The number of carbonyl (C=O) groups excluding carboxylic acids is 1. The van der Waals surface area contributed by atoms with Crippen LogP contribution in [0.2, 0.25) is 0 Å². The minimum atomic E-state index is -0.986. The van der Waals surface area contributed by atoms with E-state index in [4.69, 9.17) is 23.2 Å². The highest BCUT2D eigenvalue weighted by Crippen LogP contribution is 2.02. The number of amides is 1. The highest BCUT2D eigenvalue weighted by atomic mass is 35.5. The minimum Gasteiger partial charge on any atom is -0.304 e. The van der Waals surface area contributed by atoms with Gasteiger partial charge in [-0.25, -0.2) is 5.01 Å². The molecule has 1 aliphatic heterocycles. The molecule has 1 fully saturated rings. The van der Waals surface area contributed by atoms with Gasteiger partial charge < -0.3 is 4.90 Å². The second kappa shape index (κ2) is 5.00. The number of halogens is 2. The van der Waals surface area contributed by atoms with Gasteiger partial charge in [-0.05, 0) is 7.05 Å². The smallest absolute Gasteiger partial charge is 0.267 e. The van der Waals surface area contributed by atoms with Gasteiger partial charge in [0.05, 0.1) is 0 Å². The van der Waals surface area contributed by atoms with Gasteiger partial charge in [0.2, 0.25) is 0 Å². The molecular weight excluding hydrogens is 213 g/mol. The quantitative estimate of drug-likeness (QED) is 0.677.